The fourth-order valence-corrected chi connectivity index (χ4v) is 3.66. The van der Waals surface area contributed by atoms with Crippen molar-refractivity contribution in [2.24, 2.45) is 0 Å². The quantitative estimate of drug-likeness (QED) is 0.281. The minimum atomic E-state index is -0.333. The number of likely N-dealkylation sites (N-methyl/N-ethyl adjacent to an activating group) is 1. The van der Waals surface area contributed by atoms with Gasteiger partial charge in [-0.2, -0.15) is 0 Å². The molecule has 198 valence electrons. The minimum Gasteiger partial charge on any atom is -0.382 e. The number of carbonyl (C=O) groups is 2. The normalized spacial score (nSPS) is 10.9. The molecule has 11 nitrogen and oxygen atoms in total. The van der Waals surface area contributed by atoms with E-state index in [0.29, 0.717) is 28.1 Å². The van der Waals surface area contributed by atoms with Gasteiger partial charge in [-0.15, -0.1) is 0 Å². The molecule has 0 aliphatic rings. The van der Waals surface area contributed by atoms with Gasteiger partial charge in [0.25, 0.3) is 5.91 Å². The van der Waals surface area contributed by atoms with Gasteiger partial charge in [0.15, 0.2) is 11.5 Å². The van der Waals surface area contributed by atoms with Gasteiger partial charge in [0.1, 0.15) is 18.1 Å². The number of aldehydes is 1. The second-order valence-electron chi connectivity index (χ2n) is 8.75. The molecule has 4 rings (SSSR count). The SMILES string of the molecule is CN(C)C/C=C/C=O.CNC(=O)c1ccc(-n2c(=O)n(-c3cccc(N(C)C)c3)c3ncnc(N)c32)cc1. The smallest absolute Gasteiger partial charge is 0.339 e. The van der Waals surface area contributed by atoms with Crippen molar-refractivity contribution in [3.8, 4) is 11.4 Å². The van der Waals surface area contributed by atoms with E-state index in [4.69, 9.17) is 5.73 Å². The zero-order valence-electron chi connectivity index (χ0n) is 22.1. The van der Waals surface area contributed by atoms with E-state index in [2.05, 4.69) is 15.3 Å². The van der Waals surface area contributed by atoms with Crippen LogP contribution in [0.4, 0.5) is 11.5 Å². The topological polar surface area (TPSA) is 131 Å². The maximum absolute atomic E-state index is 13.5. The Morgan fingerprint density at radius 3 is 2.34 bits per heavy atom. The first-order chi connectivity index (χ1) is 18.2. The Balaban J connectivity index is 0.000000436. The molecule has 0 unspecified atom stereocenters. The van der Waals surface area contributed by atoms with Crippen LogP contribution in [0.2, 0.25) is 0 Å². The van der Waals surface area contributed by atoms with Crippen LogP contribution in [0.5, 0.6) is 0 Å². The van der Waals surface area contributed by atoms with Crippen molar-refractivity contribution in [1.82, 2.24) is 29.3 Å². The summed E-state index contributed by atoms with van der Waals surface area (Å²) in [6, 6.07) is 14.3. The third-order valence-corrected chi connectivity index (χ3v) is 5.55. The number of rotatable bonds is 7. The number of nitrogens with zero attached hydrogens (tertiary/aromatic N) is 6. The monoisotopic (exact) mass is 516 g/mol. The molecular weight excluding hydrogens is 484 g/mol. The summed E-state index contributed by atoms with van der Waals surface area (Å²) >= 11 is 0. The number of aromatic nitrogens is 4. The average Bonchev–Trinajstić information content (AvgIpc) is 3.21. The van der Waals surface area contributed by atoms with Crippen molar-refractivity contribution in [1.29, 1.82) is 0 Å². The number of imidazole rings is 1. The van der Waals surface area contributed by atoms with Crippen LogP contribution in [-0.2, 0) is 4.79 Å². The fourth-order valence-electron chi connectivity index (χ4n) is 3.66. The van der Waals surface area contributed by atoms with E-state index >= 15 is 0 Å². The number of allylic oxidation sites excluding steroid dienone is 1. The van der Waals surface area contributed by atoms with Crippen molar-refractivity contribution in [2.75, 3.05) is 52.4 Å². The predicted molar refractivity (Wildman–Crippen MR) is 150 cm³/mol. The van der Waals surface area contributed by atoms with Crippen LogP contribution < -0.4 is 21.6 Å². The lowest BCUT2D eigenvalue weighted by Gasteiger charge is -2.13. The summed E-state index contributed by atoms with van der Waals surface area (Å²) in [6.45, 7) is 0.832. The number of nitrogen functional groups attached to an aromatic ring is 1. The lowest BCUT2D eigenvalue weighted by Crippen LogP contribution is -2.23. The van der Waals surface area contributed by atoms with Gasteiger partial charge < -0.3 is 20.9 Å². The van der Waals surface area contributed by atoms with E-state index < -0.39 is 0 Å². The highest BCUT2D eigenvalue weighted by Gasteiger charge is 2.20. The number of anilines is 2. The standard InChI is InChI=1S/C21H21N7O2.C6H11NO/c1-23-20(29)13-7-9-14(10-8-13)27-17-18(22)24-12-25-19(17)28(21(27)30)16-6-4-5-15(11-16)26(2)3;1-7(2)5-3-4-6-8/h4-12H,1-3H3,(H,23,29)(H2,22,24,25);3-4,6H,5H2,1-2H3/b;4-3+. The van der Waals surface area contributed by atoms with E-state index in [0.717, 1.165) is 18.5 Å². The molecule has 2 aromatic carbocycles. The van der Waals surface area contributed by atoms with E-state index in [9.17, 15) is 14.4 Å². The third-order valence-electron chi connectivity index (χ3n) is 5.55. The second-order valence-corrected chi connectivity index (χ2v) is 8.75. The van der Waals surface area contributed by atoms with Gasteiger partial charge in [-0.05, 0) is 62.6 Å². The van der Waals surface area contributed by atoms with Crippen molar-refractivity contribution in [2.45, 2.75) is 0 Å². The number of nitrogens with one attached hydrogen (secondary N) is 1. The van der Waals surface area contributed by atoms with Gasteiger partial charge in [0.05, 0.1) is 11.4 Å². The van der Waals surface area contributed by atoms with Crippen molar-refractivity contribution in [3.63, 3.8) is 0 Å². The van der Waals surface area contributed by atoms with E-state index in [-0.39, 0.29) is 17.4 Å². The van der Waals surface area contributed by atoms with Crippen LogP contribution in [0.15, 0.2) is 71.8 Å². The highest BCUT2D eigenvalue weighted by atomic mass is 16.2. The Kier molecular flexibility index (Phi) is 9.12. The van der Waals surface area contributed by atoms with Crippen LogP contribution in [0.25, 0.3) is 22.5 Å². The first kappa shape index (κ1) is 27.8. The van der Waals surface area contributed by atoms with Crippen LogP contribution in [0.3, 0.4) is 0 Å². The minimum absolute atomic E-state index is 0.190. The van der Waals surface area contributed by atoms with Crippen molar-refractivity contribution >= 4 is 34.9 Å². The molecule has 11 heteroatoms. The Bertz CT molecular complexity index is 1500. The molecule has 0 atom stereocenters. The maximum Gasteiger partial charge on any atom is 0.339 e. The van der Waals surface area contributed by atoms with Gasteiger partial charge in [-0.3, -0.25) is 14.2 Å². The Morgan fingerprint density at radius 2 is 1.74 bits per heavy atom. The highest BCUT2D eigenvalue weighted by molar-refractivity contribution is 5.94. The summed E-state index contributed by atoms with van der Waals surface area (Å²) in [5, 5.41) is 2.58. The predicted octanol–water partition coefficient (Wildman–Crippen LogP) is 1.88. The molecule has 0 radical (unpaired) electrons. The van der Waals surface area contributed by atoms with Crippen LogP contribution >= 0.6 is 0 Å². The van der Waals surface area contributed by atoms with Gasteiger partial charge in [0, 0.05) is 38.9 Å². The Hall–Kier alpha value is -4.77. The van der Waals surface area contributed by atoms with Gasteiger partial charge in [-0.25, -0.2) is 19.3 Å². The second kappa shape index (κ2) is 12.5. The first-order valence-corrected chi connectivity index (χ1v) is 11.8. The molecule has 3 N–H and O–H groups in total. The summed E-state index contributed by atoms with van der Waals surface area (Å²) in [6.07, 6.45) is 5.43. The zero-order valence-corrected chi connectivity index (χ0v) is 22.1. The summed E-state index contributed by atoms with van der Waals surface area (Å²) in [5.74, 6) is -0.0188. The number of benzene rings is 2. The summed E-state index contributed by atoms with van der Waals surface area (Å²) in [4.78, 5) is 47.4. The van der Waals surface area contributed by atoms with Crippen LogP contribution in [-0.4, -0.2) is 78.0 Å². The molecule has 0 bridgehead atoms. The van der Waals surface area contributed by atoms with E-state index in [1.807, 2.05) is 68.3 Å². The molecule has 2 heterocycles. The molecule has 0 spiro atoms. The third kappa shape index (κ3) is 6.13. The molecule has 2 aromatic heterocycles. The Morgan fingerprint density at radius 1 is 1.03 bits per heavy atom. The molecule has 4 aromatic rings. The van der Waals surface area contributed by atoms with Crippen LogP contribution in [0.1, 0.15) is 10.4 Å². The number of carbonyl (C=O) groups excluding carboxylic acids is 2. The fraction of sp³-hybridized carbons (Fsp3) is 0.222. The molecule has 0 aliphatic carbocycles. The van der Waals surface area contributed by atoms with Gasteiger partial charge >= 0.3 is 5.69 Å². The molecule has 1 amide bonds. The molecule has 38 heavy (non-hydrogen) atoms. The van der Waals surface area contributed by atoms with E-state index in [1.165, 1.54) is 21.5 Å². The largest absolute Gasteiger partial charge is 0.382 e. The van der Waals surface area contributed by atoms with Crippen molar-refractivity contribution in [3.05, 3.63) is 83.1 Å². The average molecular weight is 517 g/mol. The highest BCUT2D eigenvalue weighted by Crippen LogP contribution is 2.24. The Labute approximate surface area is 220 Å². The first-order valence-electron chi connectivity index (χ1n) is 11.8. The zero-order chi connectivity index (χ0) is 27.8. The number of amides is 1. The number of fused-ring (bicyclic) bond motifs is 1. The number of nitrogens with two attached hydrogens (primary N) is 1. The lowest BCUT2D eigenvalue weighted by molar-refractivity contribution is -0.104. The summed E-state index contributed by atoms with van der Waals surface area (Å²) in [7, 11) is 9.33. The lowest BCUT2D eigenvalue weighted by atomic mass is 10.2. The number of hydrogen-bond acceptors (Lipinski definition) is 8. The molecule has 0 aliphatic heterocycles. The maximum atomic E-state index is 13.5. The van der Waals surface area contributed by atoms with Gasteiger partial charge in [0.2, 0.25) is 0 Å². The van der Waals surface area contributed by atoms with Gasteiger partial charge in [-0.1, -0.05) is 12.1 Å². The molecule has 0 saturated carbocycles. The van der Waals surface area contributed by atoms with Crippen LogP contribution in [0, 0.1) is 0 Å². The summed E-state index contributed by atoms with van der Waals surface area (Å²) < 4.78 is 2.97. The molecular formula is C27H32N8O3. The van der Waals surface area contributed by atoms with E-state index in [1.54, 1.807) is 31.3 Å². The number of hydrogen-bond donors (Lipinski definition) is 2. The molecule has 0 fully saturated rings. The molecule has 0 saturated heterocycles. The summed E-state index contributed by atoms with van der Waals surface area (Å²) in [5.41, 5.74) is 9.26. The van der Waals surface area contributed by atoms with Crippen molar-refractivity contribution < 1.29 is 9.59 Å².